The molecule has 5 heteroatoms. The number of anilines is 1. The number of aromatic nitrogens is 1. The number of carbonyl (C=O) groups excluding carboxylic acids is 1. The van der Waals surface area contributed by atoms with Gasteiger partial charge in [0.25, 0.3) is 0 Å². The van der Waals surface area contributed by atoms with Crippen molar-refractivity contribution in [1.29, 1.82) is 0 Å². The van der Waals surface area contributed by atoms with Crippen LogP contribution in [0.1, 0.15) is 6.92 Å². The summed E-state index contributed by atoms with van der Waals surface area (Å²) in [6.07, 6.45) is 1.61. The predicted octanol–water partition coefficient (Wildman–Crippen LogP) is 2.51. The van der Waals surface area contributed by atoms with E-state index in [1.54, 1.807) is 4.90 Å². The van der Waals surface area contributed by atoms with E-state index < -0.39 is 0 Å². The molecule has 2 aromatic rings. The minimum atomic E-state index is -0.215. The van der Waals surface area contributed by atoms with E-state index in [-0.39, 0.29) is 6.09 Å². The summed E-state index contributed by atoms with van der Waals surface area (Å²) in [4.78, 5) is 20.3. The summed E-state index contributed by atoms with van der Waals surface area (Å²) < 4.78 is 5.05. The van der Waals surface area contributed by atoms with Crippen LogP contribution in [-0.2, 0) is 4.74 Å². The molecule has 110 valence electrons. The highest BCUT2D eigenvalue weighted by molar-refractivity contribution is 5.90. The van der Waals surface area contributed by atoms with Crippen molar-refractivity contribution < 1.29 is 9.53 Å². The number of pyridine rings is 1. The third-order valence-electron chi connectivity index (χ3n) is 3.76. The summed E-state index contributed by atoms with van der Waals surface area (Å²) >= 11 is 0. The first-order chi connectivity index (χ1) is 10.3. The summed E-state index contributed by atoms with van der Waals surface area (Å²) in [6, 6.07) is 10.2. The highest BCUT2D eigenvalue weighted by atomic mass is 16.6. The number of rotatable bonds is 2. The first-order valence-corrected chi connectivity index (χ1v) is 7.30. The van der Waals surface area contributed by atoms with Crippen molar-refractivity contribution in [3.8, 4) is 0 Å². The molecule has 1 aliphatic heterocycles. The molecule has 2 heterocycles. The second-order valence-electron chi connectivity index (χ2n) is 5.03. The van der Waals surface area contributed by atoms with Gasteiger partial charge in [-0.3, -0.25) is 4.98 Å². The molecule has 1 aromatic carbocycles. The van der Waals surface area contributed by atoms with Crippen molar-refractivity contribution in [3.05, 3.63) is 36.5 Å². The molecule has 0 spiro atoms. The molecule has 1 amide bonds. The van der Waals surface area contributed by atoms with Gasteiger partial charge in [0, 0.05) is 37.8 Å². The molecule has 3 rings (SSSR count). The Balaban J connectivity index is 1.76. The summed E-state index contributed by atoms with van der Waals surface area (Å²) in [7, 11) is 0. The molecule has 0 saturated carbocycles. The van der Waals surface area contributed by atoms with Crippen LogP contribution >= 0.6 is 0 Å². The number of benzene rings is 1. The molecule has 0 unspecified atom stereocenters. The maximum Gasteiger partial charge on any atom is 0.409 e. The highest BCUT2D eigenvalue weighted by Crippen LogP contribution is 2.25. The van der Waals surface area contributed by atoms with E-state index in [9.17, 15) is 4.79 Å². The maximum atomic E-state index is 11.7. The molecule has 1 aliphatic rings. The number of fused-ring (bicyclic) bond motifs is 1. The van der Waals surface area contributed by atoms with Crippen LogP contribution in [-0.4, -0.2) is 48.8 Å². The van der Waals surface area contributed by atoms with Gasteiger partial charge in [-0.25, -0.2) is 4.79 Å². The molecule has 0 bridgehead atoms. The molecular weight excluding hydrogens is 266 g/mol. The Morgan fingerprint density at radius 3 is 2.71 bits per heavy atom. The van der Waals surface area contributed by atoms with E-state index in [2.05, 4.69) is 34.1 Å². The van der Waals surface area contributed by atoms with E-state index in [0.29, 0.717) is 19.7 Å². The lowest BCUT2D eigenvalue weighted by Gasteiger charge is -2.35. The van der Waals surface area contributed by atoms with Crippen molar-refractivity contribution in [1.82, 2.24) is 9.88 Å². The molecule has 0 atom stereocenters. The molecule has 21 heavy (non-hydrogen) atoms. The molecule has 1 saturated heterocycles. The summed E-state index contributed by atoms with van der Waals surface area (Å²) in [6.45, 7) is 5.22. The summed E-state index contributed by atoms with van der Waals surface area (Å²) in [5.74, 6) is 0. The second kappa shape index (κ2) is 5.99. The topological polar surface area (TPSA) is 45.7 Å². The third kappa shape index (κ3) is 2.77. The van der Waals surface area contributed by atoms with Crippen LogP contribution in [0.3, 0.4) is 0 Å². The zero-order chi connectivity index (χ0) is 14.7. The fourth-order valence-electron chi connectivity index (χ4n) is 2.69. The van der Waals surface area contributed by atoms with E-state index >= 15 is 0 Å². The fourth-order valence-corrected chi connectivity index (χ4v) is 2.69. The Hall–Kier alpha value is -2.30. The molecule has 0 aliphatic carbocycles. The van der Waals surface area contributed by atoms with Gasteiger partial charge in [0.1, 0.15) is 0 Å². The number of carbonyl (C=O) groups is 1. The van der Waals surface area contributed by atoms with Crippen LogP contribution < -0.4 is 4.90 Å². The van der Waals surface area contributed by atoms with Crippen LogP contribution in [0.2, 0.25) is 0 Å². The summed E-state index contributed by atoms with van der Waals surface area (Å²) in [5.41, 5.74) is 2.15. The Bertz CT molecular complexity index is 631. The van der Waals surface area contributed by atoms with E-state index in [0.717, 1.165) is 29.7 Å². The number of ether oxygens (including phenoxy) is 1. The van der Waals surface area contributed by atoms with Gasteiger partial charge in [0.15, 0.2) is 0 Å². The SMILES string of the molecule is CCOC(=O)N1CCN(c2cccc3cccnc23)CC1. The molecular formula is C16H19N3O2. The van der Waals surface area contributed by atoms with Crippen LogP contribution in [0.25, 0.3) is 10.9 Å². The van der Waals surface area contributed by atoms with Crippen molar-refractivity contribution in [2.45, 2.75) is 6.92 Å². The monoisotopic (exact) mass is 285 g/mol. The van der Waals surface area contributed by atoms with E-state index in [4.69, 9.17) is 4.74 Å². The standard InChI is InChI=1S/C16H19N3O2/c1-2-21-16(20)19-11-9-18(10-12-19)14-7-3-5-13-6-4-8-17-15(13)14/h3-8H,2,9-12H2,1H3. The quantitative estimate of drug-likeness (QED) is 0.850. The first kappa shape index (κ1) is 13.7. The average Bonchev–Trinajstić information content (AvgIpc) is 2.55. The summed E-state index contributed by atoms with van der Waals surface area (Å²) in [5, 5.41) is 1.14. The lowest BCUT2D eigenvalue weighted by Crippen LogP contribution is -2.49. The molecule has 0 N–H and O–H groups in total. The minimum absolute atomic E-state index is 0.215. The van der Waals surface area contributed by atoms with Gasteiger partial charge >= 0.3 is 6.09 Å². The first-order valence-electron chi connectivity index (χ1n) is 7.30. The number of para-hydroxylation sites is 1. The van der Waals surface area contributed by atoms with Gasteiger partial charge < -0.3 is 14.5 Å². The maximum absolute atomic E-state index is 11.7. The number of amides is 1. The number of nitrogens with zero attached hydrogens (tertiary/aromatic N) is 3. The molecule has 0 radical (unpaired) electrons. The fraction of sp³-hybridized carbons (Fsp3) is 0.375. The van der Waals surface area contributed by atoms with Gasteiger partial charge in [-0.1, -0.05) is 18.2 Å². The number of piperazine rings is 1. The van der Waals surface area contributed by atoms with Crippen molar-refractivity contribution in [2.75, 3.05) is 37.7 Å². The average molecular weight is 285 g/mol. The minimum Gasteiger partial charge on any atom is -0.450 e. The normalized spacial score (nSPS) is 15.3. The predicted molar refractivity (Wildman–Crippen MR) is 82.6 cm³/mol. The number of hydrogen-bond donors (Lipinski definition) is 0. The Kier molecular flexibility index (Phi) is 3.90. The van der Waals surface area contributed by atoms with Crippen LogP contribution in [0.15, 0.2) is 36.5 Å². The largest absolute Gasteiger partial charge is 0.450 e. The van der Waals surface area contributed by atoms with Gasteiger partial charge in [0.2, 0.25) is 0 Å². The van der Waals surface area contributed by atoms with Crippen molar-refractivity contribution in [2.24, 2.45) is 0 Å². The Morgan fingerprint density at radius 2 is 1.95 bits per heavy atom. The van der Waals surface area contributed by atoms with Gasteiger partial charge in [-0.2, -0.15) is 0 Å². The molecule has 1 aromatic heterocycles. The zero-order valence-corrected chi connectivity index (χ0v) is 12.2. The second-order valence-corrected chi connectivity index (χ2v) is 5.03. The van der Waals surface area contributed by atoms with Gasteiger partial charge in [-0.15, -0.1) is 0 Å². The van der Waals surface area contributed by atoms with E-state index in [1.165, 1.54) is 0 Å². The zero-order valence-electron chi connectivity index (χ0n) is 12.2. The molecule has 1 fully saturated rings. The van der Waals surface area contributed by atoms with Crippen molar-refractivity contribution >= 4 is 22.7 Å². The highest BCUT2D eigenvalue weighted by Gasteiger charge is 2.23. The lowest BCUT2D eigenvalue weighted by molar-refractivity contribution is 0.105. The lowest BCUT2D eigenvalue weighted by atomic mass is 10.1. The van der Waals surface area contributed by atoms with Crippen LogP contribution in [0.5, 0.6) is 0 Å². The number of hydrogen-bond acceptors (Lipinski definition) is 4. The third-order valence-corrected chi connectivity index (χ3v) is 3.76. The van der Waals surface area contributed by atoms with Gasteiger partial charge in [0.05, 0.1) is 17.8 Å². The van der Waals surface area contributed by atoms with E-state index in [1.807, 2.05) is 19.2 Å². The Morgan fingerprint density at radius 1 is 1.19 bits per heavy atom. The van der Waals surface area contributed by atoms with Gasteiger partial charge in [-0.05, 0) is 19.1 Å². The smallest absolute Gasteiger partial charge is 0.409 e. The van der Waals surface area contributed by atoms with Crippen LogP contribution in [0.4, 0.5) is 10.5 Å². The van der Waals surface area contributed by atoms with Crippen LogP contribution in [0, 0.1) is 0 Å². The Labute approximate surface area is 124 Å². The van der Waals surface area contributed by atoms with Crippen molar-refractivity contribution in [3.63, 3.8) is 0 Å². The molecule has 5 nitrogen and oxygen atoms in total.